The van der Waals surface area contributed by atoms with E-state index in [0.717, 1.165) is 37.1 Å². The number of anilines is 1. The van der Waals surface area contributed by atoms with Gasteiger partial charge in [0.05, 0.1) is 12.8 Å². The molecule has 0 aliphatic heterocycles. The number of amides is 2. The zero-order valence-corrected chi connectivity index (χ0v) is 12.3. The topological polar surface area (TPSA) is 41.6 Å². The van der Waals surface area contributed by atoms with E-state index in [0.29, 0.717) is 5.75 Å². The maximum Gasteiger partial charge on any atom is 0.321 e. The van der Waals surface area contributed by atoms with Gasteiger partial charge in [0.2, 0.25) is 0 Å². The molecular weight excluding hydrogens is 240 g/mol. The number of aryl methyl sites for hydroxylation is 1. The zero-order valence-electron chi connectivity index (χ0n) is 12.3. The van der Waals surface area contributed by atoms with Gasteiger partial charge in [-0.2, -0.15) is 0 Å². The summed E-state index contributed by atoms with van der Waals surface area (Å²) in [7, 11) is 3.42. The van der Waals surface area contributed by atoms with Gasteiger partial charge in [0.15, 0.2) is 0 Å². The third-order valence-electron chi connectivity index (χ3n) is 3.04. The number of carbonyl (C=O) groups excluding carboxylic acids is 1. The highest BCUT2D eigenvalue weighted by Crippen LogP contribution is 2.25. The predicted octanol–water partition coefficient (Wildman–Crippen LogP) is 3.66. The first-order valence-corrected chi connectivity index (χ1v) is 6.75. The summed E-state index contributed by atoms with van der Waals surface area (Å²) in [5.41, 5.74) is 1.81. The number of nitrogens with one attached hydrogen (secondary N) is 1. The summed E-state index contributed by atoms with van der Waals surface area (Å²) < 4.78 is 5.25. The number of rotatable bonds is 6. The van der Waals surface area contributed by atoms with Crippen LogP contribution in [-0.4, -0.2) is 31.6 Å². The Bertz CT molecular complexity index is 419. The molecule has 1 rings (SSSR count). The van der Waals surface area contributed by atoms with Gasteiger partial charge in [-0.15, -0.1) is 0 Å². The van der Waals surface area contributed by atoms with Crippen LogP contribution in [0.15, 0.2) is 18.2 Å². The molecule has 0 aliphatic carbocycles. The molecule has 0 spiro atoms. The number of ether oxygens (including phenoxy) is 1. The van der Waals surface area contributed by atoms with Crippen LogP contribution in [0, 0.1) is 6.92 Å². The van der Waals surface area contributed by atoms with Crippen LogP contribution in [0.2, 0.25) is 0 Å². The number of methoxy groups -OCH3 is 1. The van der Waals surface area contributed by atoms with E-state index in [2.05, 4.69) is 12.2 Å². The Labute approximate surface area is 115 Å². The molecule has 0 bridgehead atoms. The average Bonchev–Trinajstić information content (AvgIpc) is 2.39. The van der Waals surface area contributed by atoms with Gasteiger partial charge in [0, 0.05) is 13.6 Å². The zero-order chi connectivity index (χ0) is 14.3. The van der Waals surface area contributed by atoms with Crippen molar-refractivity contribution in [1.82, 2.24) is 4.90 Å². The lowest BCUT2D eigenvalue weighted by Crippen LogP contribution is -2.32. The van der Waals surface area contributed by atoms with Crippen molar-refractivity contribution in [3.8, 4) is 5.75 Å². The van der Waals surface area contributed by atoms with Gasteiger partial charge < -0.3 is 15.0 Å². The van der Waals surface area contributed by atoms with Gasteiger partial charge in [0.1, 0.15) is 5.75 Å². The quantitative estimate of drug-likeness (QED) is 0.797. The minimum Gasteiger partial charge on any atom is -0.495 e. The van der Waals surface area contributed by atoms with E-state index >= 15 is 0 Å². The Morgan fingerprint density at radius 2 is 2.11 bits per heavy atom. The molecule has 0 fully saturated rings. The number of unbranched alkanes of at least 4 members (excludes halogenated alkanes) is 2. The Balaban J connectivity index is 2.63. The van der Waals surface area contributed by atoms with Gasteiger partial charge in [-0.05, 0) is 31.0 Å². The van der Waals surface area contributed by atoms with Crippen molar-refractivity contribution in [3.05, 3.63) is 23.8 Å². The number of benzene rings is 1. The van der Waals surface area contributed by atoms with E-state index in [1.165, 1.54) is 0 Å². The molecule has 0 unspecified atom stereocenters. The Kier molecular flexibility index (Phi) is 6.19. The summed E-state index contributed by atoms with van der Waals surface area (Å²) in [6, 6.07) is 5.64. The first kappa shape index (κ1) is 15.3. The van der Waals surface area contributed by atoms with E-state index in [9.17, 15) is 4.79 Å². The lowest BCUT2D eigenvalue weighted by atomic mass is 10.2. The Morgan fingerprint density at radius 1 is 1.37 bits per heavy atom. The first-order chi connectivity index (χ1) is 9.08. The molecule has 1 N–H and O–H groups in total. The summed E-state index contributed by atoms with van der Waals surface area (Å²) in [6.45, 7) is 4.91. The number of hydrogen-bond acceptors (Lipinski definition) is 2. The van der Waals surface area contributed by atoms with Gasteiger partial charge in [-0.25, -0.2) is 4.79 Å². The molecule has 4 heteroatoms. The molecule has 0 atom stereocenters. The summed E-state index contributed by atoms with van der Waals surface area (Å²) in [6.07, 6.45) is 3.33. The fourth-order valence-corrected chi connectivity index (χ4v) is 1.83. The van der Waals surface area contributed by atoms with Crippen LogP contribution in [0.25, 0.3) is 0 Å². The highest BCUT2D eigenvalue weighted by atomic mass is 16.5. The third kappa shape index (κ3) is 4.81. The molecule has 0 heterocycles. The molecule has 0 aromatic heterocycles. The van der Waals surface area contributed by atoms with Crippen molar-refractivity contribution in [2.24, 2.45) is 0 Å². The first-order valence-electron chi connectivity index (χ1n) is 6.75. The lowest BCUT2D eigenvalue weighted by molar-refractivity contribution is 0.221. The second kappa shape index (κ2) is 7.67. The van der Waals surface area contributed by atoms with Crippen LogP contribution in [0.1, 0.15) is 31.7 Å². The fourth-order valence-electron chi connectivity index (χ4n) is 1.83. The molecule has 2 amide bonds. The van der Waals surface area contributed by atoms with Crippen LogP contribution < -0.4 is 10.1 Å². The van der Waals surface area contributed by atoms with Crippen LogP contribution >= 0.6 is 0 Å². The molecule has 1 aromatic rings. The molecule has 19 heavy (non-hydrogen) atoms. The minimum absolute atomic E-state index is 0.0972. The summed E-state index contributed by atoms with van der Waals surface area (Å²) >= 11 is 0. The molecule has 0 saturated heterocycles. The van der Waals surface area contributed by atoms with Crippen molar-refractivity contribution < 1.29 is 9.53 Å². The fraction of sp³-hybridized carbons (Fsp3) is 0.533. The smallest absolute Gasteiger partial charge is 0.321 e. The predicted molar refractivity (Wildman–Crippen MR) is 78.9 cm³/mol. The maximum atomic E-state index is 12.0. The SMILES string of the molecule is CCCCCN(C)C(=O)Nc1cc(C)ccc1OC. The second-order valence-corrected chi connectivity index (χ2v) is 4.76. The molecule has 0 aliphatic rings. The number of hydrogen-bond donors (Lipinski definition) is 1. The lowest BCUT2D eigenvalue weighted by Gasteiger charge is -2.19. The molecular formula is C15H24N2O2. The normalized spacial score (nSPS) is 10.1. The van der Waals surface area contributed by atoms with Crippen molar-refractivity contribution in [2.45, 2.75) is 33.1 Å². The Hall–Kier alpha value is -1.71. The van der Waals surface area contributed by atoms with Crippen LogP contribution in [-0.2, 0) is 0 Å². The highest BCUT2D eigenvalue weighted by Gasteiger charge is 2.11. The molecule has 0 radical (unpaired) electrons. The highest BCUT2D eigenvalue weighted by molar-refractivity contribution is 5.90. The van der Waals surface area contributed by atoms with Crippen molar-refractivity contribution in [3.63, 3.8) is 0 Å². The number of carbonyl (C=O) groups is 1. The number of nitrogens with zero attached hydrogens (tertiary/aromatic N) is 1. The van der Waals surface area contributed by atoms with Gasteiger partial charge >= 0.3 is 6.03 Å². The van der Waals surface area contributed by atoms with Crippen LogP contribution in [0.3, 0.4) is 0 Å². The molecule has 0 saturated carbocycles. The van der Waals surface area contributed by atoms with Gasteiger partial charge in [-0.1, -0.05) is 25.8 Å². The van der Waals surface area contributed by atoms with E-state index in [1.807, 2.05) is 32.2 Å². The summed E-state index contributed by atoms with van der Waals surface area (Å²) in [4.78, 5) is 13.8. The maximum absolute atomic E-state index is 12.0. The van der Waals surface area contributed by atoms with Crippen LogP contribution in [0.4, 0.5) is 10.5 Å². The van der Waals surface area contributed by atoms with Crippen LogP contribution in [0.5, 0.6) is 5.75 Å². The monoisotopic (exact) mass is 264 g/mol. The molecule has 106 valence electrons. The second-order valence-electron chi connectivity index (χ2n) is 4.76. The van der Waals surface area contributed by atoms with Crippen molar-refractivity contribution >= 4 is 11.7 Å². The Morgan fingerprint density at radius 3 is 2.74 bits per heavy atom. The number of urea groups is 1. The van der Waals surface area contributed by atoms with Gasteiger partial charge in [-0.3, -0.25) is 0 Å². The van der Waals surface area contributed by atoms with E-state index < -0.39 is 0 Å². The molecule has 4 nitrogen and oxygen atoms in total. The third-order valence-corrected chi connectivity index (χ3v) is 3.04. The van der Waals surface area contributed by atoms with E-state index in [1.54, 1.807) is 12.0 Å². The van der Waals surface area contributed by atoms with E-state index in [-0.39, 0.29) is 6.03 Å². The van der Waals surface area contributed by atoms with Crippen molar-refractivity contribution in [2.75, 3.05) is 26.0 Å². The minimum atomic E-state index is -0.0972. The van der Waals surface area contributed by atoms with E-state index in [4.69, 9.17) is 4.74 Å². The van der Waals surface area contributed by atoms with Crippen molar-refractivity contribution in [1.29, 1.82) is 0 Å². The largest absolute Gasteiger partial charge is 0.495 e. The molecule has 1 aromatic carbocycles. The van der Waals surface area contributed by atoms with Gasteiger partial charge in [0.25, 0.3) is 0 Å². The summed E-state index contributed by atoms with van der Waals surface area (Å²) in [5.74, 6) is 0.681. The average molecular weight is 264 g/mol. The standard InChI is InChI=1S/C15H24N2O2/c1-5-6-7-10-17(3)15(18)16-13-11-12(2)8-9-14(13)19-4/h8-9,11H,5-7,10H2,1-4H3,(H,16,18). The summed E-state index contributed by atoms with van der Waals surface area (Å²) in [5, 5.41) is 2.89.